The molecule has 0 aromatic heterocycles. The van der Waals surface area contributed by atoms with Gasteiger partial charge in [0.05, 0.1) is 18.7 Å². The molecule has 1 saturated heterocycles. The van der Waals surface area contributed by atoms with E-state index in [1.54, 1.807) is 7.11 Å². The summed E-state index contributed by atoms with van der Waals surface area (Å²) in [5.41, 5.74) is 0.604. The summed E-state index contributed by atoms with van der Waals surface area (Å²) < 4.78 is 5.36. The van der Waals surface area contributed by atoms with Gasteiger partial charge in [-0.3, -0.25) is 14.5 Å². The van der Waals surface area contributed by atoms with Crippen molar-refractivity contribution in [3.05, 3.63) is 29.8 Å². The van der Waals surface area contributed by atoms with Crippen molar-refractivity contribution >= 4 is 11.8 Å². The smallest absolute Gasteiger partial charge is 0.257 e. The lowest BCUT2D eigenvalue weighted by Crippen LogP contribution is -2.58. The summed E-state index contributed by atoms with van der Waals surface area (Å²) in [4.78, 5) is 30.3. The Hall–Kier alpha value is -2.08. The SMILES string of the molecule is COc1ccccc1C(=O)N1CCN([C@@H](C(=O)NCCC(C)C)C2CCCC2)CC1. The molecule has 1 saturated carbocycles. The van der Waals surface area contributed by atoms with E-state index in [2.05, 4.69) is 24.1 Å². The molecule has 1 aromatic carbocycles. The number of ether oxygens (including phenoxy) is 1. The number of para-hydroxylation sites is 1. The number of amides is 2. The Morgan fingerprint density at radius 2 is 1.77 bits per heavy atom. The van der Waals surface area contributed by atoms with Gasteiger partial charge in [-0.05, 0) is 43.2 Å². The number of piperazine rings is 1. The van der Waals surface area contributed by atoms with E-state index in [0.29, 0.717) is 36.2 Å². The third-order valence-electron chi connectivity index (χ3n) is 6.47. The number of methoxy groups -OCH3 is 1. The second kappa shape index (κ2) is 10.8. The fraction of sp³-hybridized carbons (Fsp3) is 0.667. The van der Waals surface area contributed by atoms with Gasteiger partial charge in [-0.1, -0.05) is 38.8 Å². The van der Waals surface area contributed by atoms with Crippen LogP contribution in [0.25, 0.3) is 0 Å². The molecule has 2 aliphatic rings. The zero-order valence-electron chi connectivity index (χ0n) is 18.7. The van der Waals surface area contributed by atoms with Crippen LogP contribution in [0.2, 0.25) is 0 Å². The summed E-state index contributed by atoms with van der Waals surface area (Å²) in [6.07, 6.45) is 5.69. The van der Waals surface area contributed by atoms with Gasteiger partial charge in [-0.2, -0.15) is 0 Å². The van der Waals surface area contributed by atoms with E-state index in [0.717, 1.165) is 38.9 Å². The average molecular weight is 416 g/mol. The predicted molar refractivity (Wildman–Crippen MR) is 119 cm³/mol. The molecule has 1 aromatic rings. The second-order valence-electron chi connectivity index (χ2n) is 8.99. The minimum atomic E-state index is -0.0665. The number of carbonyl (C=O) groups is 2. The van der Waals surface area contributed by atoms with E-state index in [4.69, 9.17) is 4.74 Å². The van der Waals surface area contributed by atoms with Gasteiger partial charge in [0.15, 0.2) is 0 Å². The van der Waals surface area contributed by atoms with Crippen LogP contribution >= 0.6 is 0 Å². The van der Waals surface area contributed by atoms with Crippen LogP contribution < -0.4 is 10.1 Å². The largest absolute Gasteiger partial charge is 0.496 e. The molecule has 0 spiro atoms. The Balaban J connectivity index is 1.62. The van der Waals surface area contributed by atoms with Gasteiger partial charge in [0.2, 0.25) is 5.91 Å². The van der Waals surface area contributed by atoms with Crippen molar-refractivity contribution < 1.29 is 14.3 Å². The van der Waals surface area contributed by atoms with Crippen molar-refractivity contribution in [2.45, 2.75) is 52.0 Å². The molecule has 0 radical (unpaired) electrons. The molecule has 1 atom stereocenters. The highest BCUT2D eigenvalue weighted by Gasteiger charge is 2.37. The first-order valence-corrected chi connectivity index (χ1v) is 11.4. The number of hydrogen-bond donors (Lipinski definition) is 1. The van der Waals surface area contributed by atoms with Crippen molar-refractivity contribution in [3.8, 4) is 5.75 Å². The van der Waals surface area contributed by atoms with Crippen LogP contribution in [0.3, 0.4) is 0 Å². The maximum atomic E-state index is 13.1. The molecule has 166 valence electrons. The monoisotopic (exact) mass is 415 g/mol. The molecule has 30 heavy (non-hydrogen) atoms. The maximum Gasteiger partial charge on any atom is 0.257 e. The van der Waals surface area contributed by atoms with Gasteiger partial charge in [0, 0.05) is 32.7 Å². The lowest BCUT2D eigenvalue weighted by molar-refractivity contribution is -0.129. The van der Waals surface area contributed by atoms with E-state index >= 15 is 0 Å². The van der Waals surface area contributed by atoms with E-state index in [1.807, 2.05) is 29.2 Å². The highest BCUT2D eigenvalue weighted by Crippen LogP contribution is 2.31. The summed E-state index contributed by atoms with van der Waals surface area (Å²) in [6, 6.07) is 7.31. The zero-order valence-corrected chi connectivity index (χ0v) is 18.7. The molecule has 2 amide bonds. The van der Waals surface area contributed by atoms with Gasteiger partial charge in [0.25, 0.3) is 5.91 Å². The Kier molecular flexibility index (Phi) is 8.14. The number of nitrogens with one attached hydrogen (secondary N) is 1. The lowest BCUT2D eigenvalue weighted by Gasteiger charge is -2.41. The van der Waals surface area contributed by atoms with E-state index in [-0.39, 0.29) is 17.9 Å². The standard InChI is InChI=1S/C24H37N3O3/c1-18(2)12-13-25-23(28)22(19-8-4-5-9-19)26-14-16-27(17-15-26)24(29)20-10-6-7-11-21(20)30-3/h6-7,10-11,18-19,22H,4-5,8-9,12-17H2,1-3H3,(H,25,28)/t22-/m1/s1. The van der Waals surface area contributed by atoms with Crippen molar-refractivity contribution in [2.75, 3.05) is 39.8 Å². The van der Waals surface area contributed by atoms with Crippen molar-refractivity contribution in [1.82, 2.24) is 15.1 Å². The summed E-state index contributed by atoms with van der Waals surface area (Å²) in [5, 5.41) is 3.19. The molecule has 0 unspecified atom stereocenters. The molecule has 3 rings (SSSR count). The molecular formula is C24H37N3O3. The first kappa shape index (κ1) is 22.6. The van der Waals surface area contributed by atoms with Crippen molar-refractivity contribution in [2.24, 2.45) is 11.8 Å². The quantitative estimate of drug-likeness (QED) is 0.708. The topological polar surface area (TPSA) is 61.9 Å². The molecule has 1 heterocycles. The van der Waals surface area contributed by atoms with Crippen LogP contribution in [0, 0.1) is 11.8 Å². The third-order valence-corrected chi connectivity index (χ3v) is 6.47. The molecular weight excluding hydrogens is 378 g/mol. The van der Waals surface area contributed by atoms with Crippen LogP contribution in [-0.2, 0) is 4.79 Å². The molecule has 2 fully saturated rings. The van der Waals surface area contributed by atoms with Crippen molar-refractivity contribution in [1.29, 1.82) is 0 Å². The van der Waals surface area contributed by atoms with Gasteiger partial charge in [0.1, 0.15) is 5.75 Å². The molecule has 1 aliphatic heterocycles. The summed E-state index contributed by atoms with van der Waals surface area (Å²) >= 11 is 0. The van der Waals surface area contributed by atoms with Gasteiger partial charge in [-0.25, -0.2) is 0 Å². The highest BCUT2D eigenvalue weighted by molar-refractivity contribution is 5.97. The maximum absolute atomic E-state index is 13.1. The Morgan fingerprint density at radius 3 is 2.40 bits per heavy atom. The molecule has 6 heteroatoms. The Bertz CT molecular complexity index is 707. The van der Waals surface area contributed by atoms with E-state index < -0.39 is 0 Å². The van der Waals surface area contributed by atoms with E-state index in [9.17, 15) is 9.59 Å². The predicted octanol–water partition coefficient (Wildman–Crippen LogP) is 3.17. The van der Waals surface area contributed by atoms with Crippen LogP contribution in [-0.4, -0.2) is 67.5 Å². The van der Waals surface area contributed by atoms with Gasteiger partial charge in [-0.15, -0.1) is 0 Å². The number of benzene rings is 1. The average Bonchev–Trinajstić information content (AvgIpc) is 3.28. The first-order chi connectivity index (χ1) is 14.5. The summed E-state index contributed by atoms with van der Waals surface area (Å²) in [6.45, 7) is 7.85. The number of carbonyl (C=O) groups excluding carboxylic acids is 2. The van der Waals surface area contributed by atoms with Crippen LogP contribution in [0.4, 0.5) is 0 Å². The summed E-state index contributed by atoms with van der Waals surface area (Å²) in [5.74, 6) is 1.80. The number of nitrogens with zero attached hydrogens (tertiary/aromatic N) is 2. The van der Waals surface area contributed by atoms with Crippen LogP contribution in [0.15, 0.2) is 24.3 Å². The normalized spacial score (nSPS) is 19.1. The minimum Gasteiger partial charge on any atom is -0.496 e. The molecule has 0 bridgehead atoms. The summed E-state index contributed by atoms with van der Waals surface area (Å²) in [7, 11) is 1.59. The van der Waals surface area contributed by atoms with Crippen LogP contribution in [0.5, 0.6) is 5.75 Å². The lowest BCUT2D eigenvalue weighted by atomic mass is 9.94. The first-order valence-electron chi connectivity index (χ1n) is 11.4. The van der Waals surface area contributed by atoms with Gasteiger partial charge < -0.3 is 15.0 Å². The molecule has 1 aliphatic carbocycles. The minimum absolute atomic E-state index is 0.00546. The van der Waals surface area contributed by atoms with E-state index in [1.165, 1.54) is 12.8 Å². The second-order valence-corrected chi connectivity index (χ2v) is 8.99. The fourth-order valence-corrected chi connectivity index (χ4v) is 4.73. The fourth-order valence-electron chi connectivity index (χ4n) is 4.73. The van der Waals surface area contributed by atoms with Gasteiger partial charge >= 0.3 is 0 Å². The Labute approximate surface area is 180 Å². The Morgan fingerprint density at radius 1 is 1.10 bits per heavy atom. The highest BCUT2D eigenvalue weighted by atomic mass is 16.5. The molecule has 1 N–H and O–H groups in total. The van der Waals surface area contributed by atoms with Crippen LogP contribution in [0.1, 0.15) is 56.3 Å². The molecule has 6 nitrogen and oxygen atoms in total. The third kappa shape index (κ3) is 5.54. The number of hydrogen-bond acceptors (Lipinski definition) is 4. The zero-order chi connectivity index (χ0) is 21.5. The number of rotatable bonds is 8. The van der Waals surface area contributed by atoms with Crippen molar-refractivity contribution in [3.63, 3.8) is 0 Å².